The monoisotopic (exact) mass is 982 g/mol. The van der Waals surface area contributed by atoms with Crippen LogP contribution in [0.3, 0.4) is 0 Å². The van der Waals surface area contributed by atoms with E-state index in [4.69, 9.17) is 65.1 Å². The molecule has 6 rings (SSSR count). The van der Waals surface area contributed by atoms with Gasteiger partial charge in [-0.25, -0.2) is 47.9 Å². The van der Waals surface area contributed by atoms with Gasteiger partial charge in [0.2, 0.25) is 40.3 Å². The third kappa shape index (κ3) is 27.4. The van der Waals surface area contributed by atoms with E-state index in [-0.39, 0.29) is 80.4 Å². The molecule has 378 valence electrons. The van der Waals surface area contributed by atoms with Crippen LogP contribution in [0.15, 0.2) is 72.5 Å². The summed E-state index contributed by atoms with van der Waals surface area (Å²) in [5.74, 6) is -14.0. The van der Waals surface area contributed by atoms with Gasteiger partial charge in [-0.15, -0.1) is 0 Å². The van der Waals surface area contributed by atoms with E-state index in [1.807, 2.05) is 0 Å². The minimum absolute atomic E-state index is 0. The minimum atomic E-state index is -1.28. The molecule has 2 fully saturated rings. The Bertz CT molecular complexity index is 1960. The molecule has 0 bridgehead atoms. The predicted octanol–water partition coefficient (Wildman–Crippen LogP) is 2.75. The van der Waals surface area contributed by atoms with Gasteiger partial charge in [0.05, 0.1) is 6.26 Å². The third-order valence-electron chi connectivity index (χ3n) is 6.59. The van der Waals surface area contributed by atoms with Crippen LogP contribution in [0.1, 0.15) is 116 Å². The fraction of sp³-hybridized carbons (Fsp3) is 0.263. The van der Waals surface area contributed by atoms with Crippen molar-refractivity contribution in [2.75, 3.05) is 6.61 Å². The molecule has 2 aliphatic heterocycles. The molecule has 0 aromatic carbocycles. The number of rotatable bonds is 10. The summed E-state index contributed by atoms with van der Waals surface area (Å²) in [6.07, 6.45) is 1.07. The summed E-state index contributed by atoms with van der Waals surface area (Å²) < 4.78 is 42.2. The van der Waals surface area contributed by atoms with E-state index in [2.05, 4.69) is 35.7 Å². The number of aromatic carboxylic acids is 7. The second kappa shape index (κ2) is 37.5. The first kappa shape index (κ1) is 70.8. The van der Waals surface area contributed by atoms with Crippen molar-refractivity contribution in [1.82, 2.24) is 0 Å². The quantitative estimate of drug-likeness (QED) is 0.0806. The Morgan fingerprint density at radius 3 is 0.824 bits per heavy atom. The van der Waals surface area contributed by atoms with E-state index in [9.17, 15) is 47.9 Å². The largest absolute Gasteiger partial charge is 0 e. The summed E-state index contributed by atoms with van der Waals surface area (Å²) in [6.45, 7) is 9.61. The number of hydrogen-bond acceptors (Lipinski definition) is 16. The average molecular weight is 983 g/mol. The van der Waals surface area contributed by atoms with Gasteiger partial charge in [-0.05, 0) is 74.2 Å². The number of carboxylic acid groups (broad SMARTS) is 10. The van der Waals surface area contributed by atoms with Gasteiger partial charge in [0, 0.05) is 8.03 Å². The van der Waals surface area contributed by atoms with Crippen LogP contribution in [-0.2, 0) is 33.2 Å². The molecule has 4 aromatic heterocycles. The molecule has 6 heterocycles. The summed E-state index contributed by atoms with van der Waals surface area (Å²) in [7, 11) is 0. The molecular weight excluding hydrogens is 936 g/mol. The summed E-state index contributed by atoms with van der Waals surface area (Å²) in [6, 6.07) is 9.46. The van der Waals surface area contributed by atoms with Crippen molar-refractivity contribution in [2.24, 2.45) is 0 Å². The summed E-state index contributed by atoms with van der Waals surface area (Å²) in [5, 5.41) is 83.0. The number of carbonyl (C=O) groups is 10. The molecule has 0 saturated carbocycles. The van der Waals surface area contributed by atoms with Crippen LogP contribution in [0, 0.1) is 13.3 Å². The van der Waals surface area contributed by atoms with E-state index in [0.717, 1.165) is 42.8 Å². The van der Waals surface area contributed by atoms with Crippen LogP contribution < -0.4 is 0 Å². The molecule has 30 heteroatoms. The molecule has 0 amide bonds. The first-order valence-corrected chi connectivity index (χ1v) is 16.4. The van der Waals surface area contributed by atoms with Crippen molar-refractivity contribution in [3.05, 3.63) is 108 Å². The fourth-order valence-corrected chi connectivity index (χ4v) is 3.88. The van der Waals surface area contributed by atoms with Crippen LogP contribution in [0.25, 0.3) is 0 Å². The van der Waals surface area contributed by atoms with Crippen molar-refractivity contribution >= 4 is 59.7 Å². The molecular formula is C38H46O30. The summed E-state index contributed by atoms with van der Waals surface area (Å²) in [5.41, 5.74) is 0. The average Bonchev–Trinajstić information content (AvgIpc) is 4.11. The first-order chi connectivity index (χ1) is 30.0. The van der Waals surface area contributed by atoms with Crippen LogP contribution in [0.5, 0.6) is 0 Å². The Morgan fingerprint density at radius 1 is 0.441 bits per heavy atom. The van der Waals surface area contributed by atoms with Crippen molar-refractivity contribution in [3.8, 4) is 0 Å². The van der Waals surface area contributed by atoms with Crippen molar-refractivity contribution in [3.63, 3.8) is 0 Å². The molecule has 4 aromatic rings. The molecule has 0 radical (unpaired) electrons. The Hall–Kier alpha value is -8.86. The van der Waals surface area contributed by atoms with Crippen molar-refractivity contribution < 1.29 is 148 Å². The maximum Gasteiger partial charge on any atom is 0 e. The summed E-state index contributed by atoms with van der Waals surface area (Å²) >= 11 is 0. The SMILES string of the molecule is C.C.O.O.O=C(O)C1CCC(C(=O)O)O1.O=C(O)C1CCCO1.O=C(O)c1ccc(C(=O)O)o1.O=C(O)c1ccc(C(=O)O)o1.O=C(O)c1ccc(C(=O)O)o1.O=C(O)c1ccco1.[C-]#[O+].[C-]#[O+].[HH]. The number of furan rings is 4. The van der Waals surface area contributed by atoms with E-state index in [1.54, 1.807) is 0 Å². The van der Waals surface area contributed by atoms with Gasteiger partial charge in [0.15, 0.2) is 18.3 Å². The van der Waals surface area contributed by atoms with Gasteiger partial charge in [0.1, 0.15) is 0 Å². The topological polar surface area (TPSA) is 547 Å². The number of aliphatic carboxylic acids is 3. The van der Waals surface area contributed by atoms with Gasteiger partial charge in [-0.3, -0.25) is 0 Å². The molecule has 0 spiro atoms. The van der Waals surface area contributed by atoms with Gasteiger partial charge in [0.25, 0.3) is 0 Å². The van der Waals surface area contributed by atoms with Crippen LogP contribution in [0.2, 0.25) is 0 Å². The smallest absolute Gasteiger partial charge is 0 e. The Morgan fingerprint density at radius 2 is 0.706 bits per heavy atom. The minimum Gasteiger partial charge on any atom is 0 e. The van der Waals surface area contributed by atoms with Crippen LogP contribution in [-0.4, -0.2) is 147 Å². The maximum atomic E-state index is 10.3. The number of carboxylic acids is 10. The zero-order chi connectivity index (χ0) is 49.7. The first-order valence-electron chi connectivity index (χ1n) is 16.4. The van der Waals surface area contributed by atoms with Gasteiger partial charge < -0.3 is 89.2 Å². The van der Waals surface area contributed by atoms with Gasteiger partial charge in [-0.1, -0.05) is 14.9 Å². The van der Waals surface area contributed by atoms with E-state index >= 15 is 0 Å². The van der Waals surface area contributed by atoms with Crippen LogP contribution in [0.4, 0.5) is 0 Å². The van der Waals surface area contributed by atoms with Crippen molar-refractivity contribution in [1.29, 1.82) is 0 Å². The van der Waals surface area contributed by atoms with E-state index in [1.165, 1.54) is 18.4 Å². The Balaban J connectivity index is -0.000000130. The Labute approximate surface area is 381 Å². The van der Waals surface area contributed by atoms with Crippen molar-refractivity contribution in [2.45, 2.75) is 58.8 Å². The fourth-order valence-electron chi connectivity index (χ4n) is 3.88. The molecule has 2 saturated heterocycles. The predicted molar refractivity (Wildman–Crippen MR) is 214 cm³/mol. The Kier molecular flexibility index (Phi) is 39.0. The van der Waals surface area contributed by atoms with Crippen LogP contribution >= 0.6 is 0 Å². The third-order valence-corrected chi connectivity index (χ3v) is 6.59. The molecule has 3 atom stereocenters. The molecule has 68 heavy (non-hydrogen) atoms. The summed E-state index contributed by atoms with van der Waals surface area (Å²) in [4.78, 5) is 101. The normalized spacial score (nSPS) is 13.9. The van der Waals surface area contributed by atoms with Gasteiger partial charge >= 0.3 is 82.3 Å². The second-order valence-electron chi connectivity index (χ2n) is 10.8. The zero-order valence-electron chi connectivity index (χ0n) is 32.8. The number of hydrogen-bond donors (Lipinski definition) is 10. The number of ether oxygens (including phenoxy) is 2. The van der Waals surface area contributed by atoms with E-state index < -0.39 is 78.0 Å². The maximum absolute atomic E-state index is 10.3. The van der Waals surface area contributed by atoms with Gasteiger partial charge in [-0.2, -0.15) is 0 Å². The molecule has 2 aliphatic rings. The molecule has 30 nitrogen and oxygen atoms in total. The molecule has 0 aliphatic carbocycles. The standard InChI is InChI=1S/C6H8O5.3C6H4O5.C5H8O3.C5H4O3.2CO.2CH4.2H2O.H2/c4*7-5(8)3-1-2-4(11-3)6(9)10;2*6-5(7)4-2-1-3-8-4;2*1-2;;;;;/h3-4H,1-2H2,(H,7,8)(H,9,10);3*1-2H,(H,7,8)(H,9,10);4H,1-3H2,(H,6,7);1-3H,(H,6,7);;;2*1H4;2*1H2;1H. The molecule has 3 unspecified atom stereocenters. The molecule has 14 N–H and O–H groups in total. The zero-order valence-corrected chi connectivity index (χ0v) is 32.8. The second-order valence-corrected chi connectivity index (χ2v) is 10.8. The van der Waals surface area contributed by atoms with E-state index in [0.29, 0.717) is 13.0 Å².